The van der Waals surface area contributed by atoms with E-state index in [1.807, 2.05) is 36.7 Å². The van der Waals surface area contributed by atoms with Crippen LogP contribution < -0.4 is 41.5 Å². The average Bonchev–Trinajstić information content (AvgIpc) is 1.62. The molecule has 2 aromatic carbocycles. The third-order valence-corrected chi connectivity index (χ3v) is 21.6. The fraction of sp³-hybridized carbons (Fsp3) is 0.652. The third kappa shape index (κ3) is 18.9. The molecule has 0 spiro atoms. The summed E-state index contributed by atoms with van der Waals surface area (Å²) >= 11 is 1.53. The molecule has 2 aliphatic carbocycles. The van der Waals surface area contributed by atoms with Crippen LogP contribution in [0, 0.1) is 11.8 Å². The van der Waals surface area contributed by atoms with E-state index in [1.165, 1.54) is 75.7 Å². The molecule has 0 bridgehead atoms. The van der Waals surface area contributed by atoms with Gasteiger partial charge in [-0.3, -0.25) is 28.8 Å². The summed E-state index contributed by atoms with van der Waals surface area (Å²) in [6.45, 7) is 2.32. The standard InChI is InChI=1S/C69H99N13O17S/c1-37-33-82-59(60(37)91)64(95)72-32-46(86)27-50(71-29-39-9-12-42(13-10-39)65-78-79-66(100-65)43-16-14-41(15-17-43)44-30-73-69(74-31-44)80-23-20-49(21-24-80)99-48-7-5-4-6-8-48)61(92)75-56(38(2)85)67(96)81-34-47(87)28-51(81)62(93)76-57(54(90)25-40-11-18-52(88)55(26-40)98-3)63(94)77-58(68(82)97)53(89)19-22-70-45(35-83)36-84/h11,14-18,26,30-31,37-39,42,45-51,53-54,56-60,70-71,83-91H,4-10,12-13,19-25,27-29,32-36H2,1-3H3,(H,72,95)(H,75,92)(H,76,93)(H,77,94)/t37-,38+,39-,42-,46+,47+,50-,51-,53+,54+,56-,57-,58-,59-,60-/m0/s1. The van der Waals surface area contributed by atoms with E-state index < -0.39 is 159 Å². The minimum Gasteiger partial charge on any atom is -0.504 e. The number of ether oxygens (including phenoxy) is 2. The quantitative estimate of drug-likeness (QED) is 0.0481. The van der Waals surface area contributed by atoms with Gasteiger partial charge in [-0.05, 0) is 113 Å². The SMILES string of the molecule is COc1cc(C[C@@H](O)[C@@H]2NC(=O)[C@@H]3C[C@@H](O)CN3C(=O)[C@H]([C@@H](C)O)NC(=O)[C@@H](NC[C@H]3CC[C@H](c4nnc(-c5ccc(-c6cnc(N7CCC(OC8CCCCC8)CC7)nc6)cc5)s4)CC3)C[C@@H](O)CNC(=O)[C@@H]3[C@@H](O)[C@@H](C)CN3C(=O)[C@H]([C@H](O)CCNC(CO)CO)NC2=O)ccc1O. The molecule has 4 aromatic rings. The highest BCUT2D eigenvalue weighted by molar-refractivity contribution is 7.14. The van der Waals surface area contributed by atoms with Crippen molar-refractivity contribution in [2.24, 2.45) is 11.8 Å². The number of rotatable bonds is 21. The lowest BCUT2D eigenvalue weighted by Crippen LogP contribution is -2.64. The van der Waals surface area contributed by atoms with E-state index in [-0.39, 0.29) is 61.4 Å². The van der Waals surface area contributed by atoms with E-state index in [0.29, 0.717) is 25.0 Å². The number of fused-ring (bicyclic) bond motifs is 2. The summed E-state index contributed by atoms with van der Waals surface area (Å²) < 4.78 is 11.7. The van der Waals surface area contributed by atoms with Gasteiger partial charge in [0.25, 0.3) is 0 Å². The van der Waals surface area contributed by atoms with Crippen molar-refractivity contribution in [3.05, 3.63) is 65.4 Å². The minimum atomic E-state index is -2.04. The van der Waals surface area contributed by atoms with Gasteiger partial charge < -0.3 is 102 Å². The summed E-state index contributed by atoms with van der Waals surface area (Å²) in [6, 6.07) is 0.937. The Bertz CT molecular complexity index is 3370. The van der Waals surface area contributed by atoms with Gasteiger partial charge in [0.1, 0.15) is 40.2 Å². The Morgan fingerprint density at radius 3 is 2.04 bits per heavy atom. The van der Waals surface area contributed by atoms with E-state index in [4.69, 9.17) is 19.4 Å². The number of aliphatic hydroxyl groups excluding tert-OH is 8. The first-order chi connectivity index (χ1) is 48.1. The Morgan fingerprint density at radius 1 is 0.700 bits per heavy atom. The molecule has 15 N–H and O–H groups in total. The summed E-state index contributed by atoms with van der Waals surface area (Å²) in [7, 11) is 1.29. The number of β-amino-alcohol motifs (C(OH)–C–C–N with tert-alkyl or cyclic N) is 1. The summed E-state index contributed by atoms with van der Waals surface area (Å²) in [6.07, 6.45) is 4.15. The smallest absolute Gasteiger partial charge is 0.248 e. The molecule has 31 heteroatoms. The van der Waals surface area contributed by atoms with Crippen LogP contribution in [0.25, 0.3) is 21.7 Å². The normalized spacial score (nSPS) is 28.5. The van der Waals surface area contributed by atoms with Gasteiger partial charge in [-0.2, -0.15) is 0 Å². The molecule has 6 aliphatic rings. The summed E-state index contributed by atoms with van der Waals surface area (Å²) in [5.74, 6) is -6.44. The number of carbonyl (C=O) groups is 6. The van der Waals surface area contributed by atoms with Crippen molar-refractivity contribution in [2.75, 3.05) is 71.0 Å². The molecule has 13 atom stereocenters. The molecule has 4 aliphatic heterocycles. The molecule has 0 unspecified atom stereocenters. The number of aliphatic hydroxyl groups is 8. The number of carbonyl (C=O) groups excluding carboxylic acids is 6. The van der Waals surface area contributed by atoms with E-state index in [9.17, 15) is 74.7 Å². The second-order valence-corrected chi connectivity index (χ2v) is 28.8. The fourth-order valence-corrected chi connectivity index (χ4v) is 15.5. The molecule has 2 saturated carbocycles. The third-order valence-electron chi connectivity index (χ3n) is 20.5. The van der Waals surface area contributed by atoms with Gasteiger partial charge in [-0.1, -0.05) is 67.9 Å². The molecular formula is C69H99N13O17S. The zero-order valence-electron chi connectivity index (χ0n) is 56.9. The Morgan fingerprint density at radius 2 is 1.36 bits per heavy atom. The van der Waals surface area contributed by atoms with Crippen LogP contribution in [0.3, 0.4) is 0 Å². The second kappa shape index (κ2) is 35.2. The fourth-order valence-electron chi connectivity index (χ4n) is 14.5. The summed E-state index contributed by atoms with van der Waals surface area (Å²) in [5, 5.41) is 126. The molecule has 2 aromatic heterocycles. The molecule has 6 amide bonds. The Balaban J connectivity index is 0.826. The lowest BCUT2D eigenvalue weighted by molar-refractivity contribution is -0.147. The Hall–Kier alpha value is -7.14. The summed E-state index contributed by atoms with van der Waals surface area (Å²) in [4.78, 5) is 102. The van der Waals surface area contributed by atoms with Crippen LogP contribution in [0.1, 0.15) is 120 Å². The number of phenols is 1. The highest BCUT2D eigenvalue weighted by Crippen LogP contribution is 2.39. The van der Waals surface area contributed by atoms with Crippen LogP contribution in [0.15, 0.2) is 54.9 Å². The minimum absolute atomic E-state index is 0.00337. The lowest BCUT2D eigenvalue weighted by Gasteiger charge is -2.34. The van der Waals surface area contributed by atoms with Gasteiger partial charge in [0, 0.05) is 80.9 Å². The molecule has 0 radical (unpaired) electrons. The first-order valence-electron chi connectivity index (χ1n) is 35.2. The molecule has 6 heterocycles. The number of nitrogens with zero attached hydrogens (tertiary/aromatic N) is 7. The number of amides is 6. The van der Waals surface area contributed by atoms with Crippen molar-refractivity contribution < 1.29 is 84.2 Å². The number of anilines is 1. The average molecular weight is 1410 g/mol. The number of benzene rings is 2. The van der Waals surface area contributed by atoms with Crippen LogP contribution in [0.2, 0.25) is 0 Å². The van der Waals surface area contributed by atoms with Gasteiger partial charge in [-0.25, -0.2) is 9.97 Å². The van der Waals surface area contributed by atoms with Crippen molar-refractivity contribution in [3.8, 4) is 33.2 Å². The number of phenolic OH excluding ortho intramolecular Hbond substituents is 1. The lowest BCUT2D eigenvalue weighted by atomic mass is 9.82. The summed E-state index contributed by atoms with van der Waals surface area (Å²) in [5.41, 5.74) is 3.07. The first-order valence-corrected chi connectivity index (χ1v) is 36.0. The first kappa shape index (κ1) is 75.5. The van der Waals surface area contributed by atoms with Gasteiger partial charge in [0.2, 0.25) is 41.4 Å². The van der Waals surface area contributed by atoms with Gasteiger partial charge in [-0.15, -0.1) is 10.2 Å². The van der Waals surface area contributed by atoms with Crippen molar-refractivity contribution in [2.45, 2.75) is 207 Å². The van der Waals surface area contributed by atoms with Crippen LogP contribution in [0.4, 0.5) is 5.95 Å². The van der Waals surface area contributed by atoms with Crippen molar-refractivity contribution in [3.63, 3.8) is 0 Å². The van der Waals surface area contributed by atoms with E-state index in [2.05, 4.69) is 47.0 Å². The molecule has 30 nitrogen and oxygen atoms in total. The number of hydrogen-bond acceptors (Lipinski definition) is 25. The molecule has 10 rings (SSSR count). The predicted octanol–water partition coefficient (Wildman–Crippen LogP) is -0.891. The monoisotopic (exact) mass is 1410 g/mol. The van der Waals surface area contributed by atoms with Gasteiger partial charge in [0.05, 0.1) is 81.2 Å². The largest absolute Gasteiger partial charge is 0.504 e. The Labute approximate surface area is 585 Å². The van der Waals surface area contributed by atoms with Crippen molar-refractivity contribution in [1.29, 1.82) is 0 Å². The predicted molar refractivity (Wildman–Crippen MR) is 365 cm³/mol. The van der Waals surface area contributed by atoms with Crippen LogP contribution in [-0.4, -0.2) is 269 Å². The van der Waals surface area contributed by atoms with E-state index in [1.54, 1.807) is 6.92 Å². The van der Waals surface area contributed by atoms with Crippen LogP contribution in [0.5, 0.6) is 11.5 Å². The Kier molecular flexibility index (Phi) is 26.6. The molecule has 6 fully saturated rings. The second-order valence-electron chi connectivity index (χ2n) is 27.8. The van der Waals surface area contributed by atoms with Gasteiger partial charge >= 0.3 is 0 Å². The molecule has 100 heavy (non-hydrogen) atoms. The maximum atomic E-state index is 15.0. The molecule has 4 saturated heterocycles. The highest BCUT2D eigenvalue weighted by Gasteiger charge is 2.50. The topological polar surface area (TPSA) is 436 Å². The zero-order valence-corrected chi connectivity index (χ0v) is 57.7. The van der Waals surface area contributed by atoms with E-state index >= 15 is 0 Å². The van der Waals surface area contributed by atoms with Crippen LogP contribution in [-0.2, 0) is 39.9 Å². The van der Waals surface area contributed by atoms with E-state index in [0.717, 1.165) is 81.2 Å². The number of methoxy groups -OCH3 is 1. The van der Waals surface area contributed by atoms with Gasteiger partial charge in [0.15, 0.2) is 11.5 Å². The molecule has 548 valence electrons. The molecular weight excluding hydrogens is 1310 g/mol. The van der Waals surface area contributed by atoms with Crippen LogP contribution >= 0.6 is 11.3 Å². The van der Waals surface area contributed by atoms with Crippen molar-refractivity contribution in [1.82, 2.24) is 61.9 Å². The van der Waals surface area contributed by atoms with Crippen molar-refractivity contribution >= 4 is 52.7 Å². The maximum Gasteiger partial charge on any atom is 0.248 e. The number of nitrogens with one attached hydrogen (secondary N) is 6. The number of aromatic nitrogens is 4. The number of aromatic hydroxyl groups is 1. The number of hydrogen-bond donors (Lipinski definition) is 15. The highest BCUT2D eigenvalue weighted by atomic mass is 32.1. The number of piperidine rings is 1. The maximum absolute atomic E-state index is 15.0. The zero-order chi connectivity index (χ0) is 71.3.